The van der Waals surface area contributed by atoms with Gasteiger partial charge in [-0.05, 0) is 38.1 Å². The number of ether oxygens (including phenoxy) is 2. The van der Waals surface area contributed by atoms with E-state index in [4.69, 9.17) is 9.47 Å². The van der Waals surface area contributed by atoms with Gasteiger partial charge in [0, 0.05) is 6.04 Å². The van der Waals surface area contributed by atoms with E-state index in [1.165, 1.54) is 11.1 Å². The summed E-state index contributed by atoms with van der Waals surface area (Å²) in [5.41, 5.74) is 3.62. The van der Waals surface area contributed by atoms with Crippen LogP contribution in [0.25, 0.3) is 0 Å². The van der Waals surface area contributed by atoms with Crippen LogP contribution in [0.2, 0.25) is 0 Å². The molecule has 0 spiro atoms. The fourth-order valence-electron chi connectivity index (χ4n) is 2.53. The second-order valence-corrected chi connectivity index (χ2v) is 5.11. The van der Waals surface area contributed by atoms with Crippen molar-refractivity contribution in [2.75, 3.05) is 21.3 Å². The molecule has 3 heteroatoms. The average molecular weight is 285 g/mol. The molecule has 0 radical (unpaired) electrons. The number of hydrogen-bond acceptors (Lipinski definition) is 3. The van der Waals surface area contributed by atoms with Crippen LogP contribution >= 0.6 is 0 Å². The summed E-state index contributed by atoms with van der Waals surface area (Å²) in [6.45, 7) is 2.10. The van der Waals surface area contributed by atoms with Crippen LogP contribution in [0.5, 0.6) is 11.5 Å². The van der Waals surface area contributed by atoms with Crippen molar-refractivity contribution in [1.82, 2.24) is 5.32 Å². The number of benzene rings is 2. The maximum Gasteiger partial charge on any atom is 0.127 e. The Bertz CT molecular complexity index is 556. The summed E-state index contributed by atoms with van der Waals surface area (Å²) in [6.07, 6.45) is 0.882. The van der Waals surface area contributed by atoms with Gasteiger partial charge in [0.1, 0.15) is 11.5 Å². The molecule has 0 amide bonds. The minimum absolute atomic E-state index is 0.138. The van der Waals surface area contributed by atoms with Crippen molar-refractivity contribution >= 4 is 0 Å². The van der Waals surface area contributed by atoms with Gasteiger partial charge in [-0.15, -0.1) is 0 Å². The van der Waals surface area contributed by atoms with E-state index >= 15 is 0 Å². The molecule has 0 saturated heterocycles. The first-order valence-corrected chi connectivity index (χ1v) is 7.13. The Hall–Kier alpha value is -2.00. The molecule has 3 nitrogen and oxygen atoms in total. The predicted octanol–water partition coefficient (Wildman–Crippen LogP) is 3.52. The Balaban J connectivity index is 2.34. The molecule has 112 valence electrons. The summed E-state index contributed by atoms with van der Waals surface area (Å²) < 4.78 is 11.0. The highest BCUT2D eigenvalue weighted by Crippen LogP contribution is 2.35. The van der Waals surface area contributed by atoms with Crippen molar-refractivity contribution in [2.45, 2.75) is 19.4 Å². The molecule has 1 N–H and O–H groups in total. The van der Waals surface area contributed by atoms with Gasteiger partial charge in [-0.3, -0.25) is 0 Å². The molecule has 0 fully saturated rings. The molecular weight excluding hydrogens is 262 g/mol. The number of methoxy groups -OCH3 is 2. The number of aryl methyl sites for hydroxylation is 1. The number of likely N-dealkylation sites (N-methyl/N-ethyl adjacent to an activating group) is 1. The van der Waals surface area contributed by atoms with Crippen molar-refractivity contribution < 1.29 is 9.47 Å². The molecule has 0 aliphatic rings. The molecule has 2 rings (SSSR count). The third-order valence-electron chi connectivity index (χ3n) is 3.72. The van der Waals surface area contributed by atoms with Gasteiger partial charge in [0.15, 0.2) is 0 Å². The predicted molar refractivity (Wildman–Crippen MR) is 86.2 cm³/mol. The van der Waals surface area contributed by atoms with Crippen LogP contribution < -0.4 is 14.8 Å². The molecular formula is C18H23NO2. The van der Waals surface area contributed by atoms with Crippen LogP contribution in [0.3, 0.4) is 0 Å². The third-order valence-corrected chi connectivity index (χ3v) is 3.72. The van der Waals surface area contributed by atoms with E-state index in [1.54, 1.807) is 14.2 Å². The van der Waals surface area contributed by atoms with Gasteiger partial charge < -0.3 is 14.8 Å². The van der Waals surface area contributed by atoms with Crippen LogP contribution in [-0.2, 0) is 6.42 Å². The van der Waals surface area contributed by atoms with Gasteiger partial charge in [0.2, 0.25) is 0 Å². The highest BCUT2D eigenvalue weighted by molar-refractivity contribution is 5.47. The first-order chi connectivity index (χ1) is 10.2. The van der Waals surface area contributed by atoms with E-state index in [2.05, 4.69) is 36.5 Å². The first kappa shape index (κ1) is 15.4. The molecule has 1 atom stereocenters. The average Bonchev–Trinajstić information content (AvgIpc) is 2.53. The Labute approximate surface area is 126 Å². The van der Waals surface area contributed by atoms with Crippen molar-refractivity contribution in [3.05, 3.63) is 59.2 Å². The largest absolute Gasteiger partial charge is 0.496 e. The van der Waals surface area contributed by atoms with E-state index < -0.39 is 0 Å². The first-order valence-electron chi connectivity index (χ1n) is 7.13. The summed E-state index contributed by atoms with van der Waals surface area (Å²) >= 11 is 0. The maximum atomic E-state index is 5.51. The van der Waals surface area contributed by atoms with E-state index in [0.717, 1.165) is 23.5 Å². The van der Waals surface area contributed by atoms with Gasteiger partial charge in [-0.25, -0.2) is 0 Å². The fourth-order valence-corrected chi connectivity index (χ4v) is 2.53. The number of hydrogen-bond donors (Lipinski definition) is 1. The summed E-state index contributed by atoms with van der Waals surface area (Å²) in [4.78, 5) is 0. The molecule has 0 aliphatic carbocycles. The SMILES string of the molecule is CNC(Cc1ccc(C)cc1)c1c(OC)cccc1OC. The lowest BCUT2D eigenvalue weighted by Crippen LogP contribution is -2.20. The van der Waals surface area contributed by atoms with Crippen LogP contribution in [0, 0.1) is 6.92 Å². The lowest BCUT2D eigenvalue weighted by molar-refractivity contribution is 0.373. The lowest BCUT2D eigenvalue weighted by Gasteiger charge is -2.22. The minimum Gasteiger partial charge on any atom is -0.496 e. The van der Waals surface area contributed by atoms with Crippen molar-refractivity contribution in [3.8, 4) is 11.5 Å². The highest BCUT2D eigenvalue weighted by atomic mass is 16.5. The zero-order valence-corrected chi connectivity index (χ0v) is 13.1. The summed E-state index contributed by atoms with van der Waals surface area (Å²) in [5, 5.41) is 3.37. The molecule has 21 heavy (non-hydrogen) atoms. The van der Waals surface area contributed by atoms with Gasteiger partial charge in [-0.2, -0.15) is 0 Å². The zero-order chi connectivity index (χ0) is 15.2. The van der Waals surface area contributed by atoms with E-state index in [-0.39, 0.29) is 6.04 Å². The smallest absolute Gasteiger partial charge is 0.127 e. The normalized spacial score (nSPS) is 12.0. The topological polar surface area (TPSA) is 30.5 Å². The standard InChI is InChI=1S/C18H23NO2/c1-13-8-10-14(11-9-13)12-15(19-2)18-16(20-3)6-5-7-17(18)21-4/h5-11,15,19H,12H2,1-4H3. The van der Waals surface area contributed by atoms with E-state index in [0.29, 0.717) is 0 Å². The summed E-state index contributed by atoms with van der Waals surface area (Å²) in [7, 11) is 5.35. The van der Waals surface area contributed by atoms with Crippen LogP contribution in [0.15, 0.2) is 42.5 Å². The third kappa shape index (κ3) is 3.56. The quantitative estimate of drug-likeness (QED) is 0.881. The van der Waals surface area contributed by atoms with Crippen molar-refractivity contribution in [2.24, 2.45) is 0 Å². The molecule has 0 aromatic heterocycles. The van der Waals surface area contributed by atoms with E-state index in [9.17, 15) is 0 Å². The van der Waals surface area contributed by atoms with Gasteiger partial charge in [0.05, 0.1) is 19.8 Å². The number of rotatable bonds is 6. The Morgan fingerprint density at radius 1 is 0.952 bits per heavy atom. The fraction of sp³-hybridized carbons (Fsp3) is 0.333. The molecule has 2 aromatic carbocycles. The molecule has 0 aliphatic heterocycles. The Morgan fingerprint density at radius 2 is 1.52 bits per heavy atom. The van der Waals surface area contributed by atoms with Crippen molar-refractivity contribution in [1.29, 1.82) is 0 Å². The van der Waals surface area contributed by atoms with Gasteiger partial charge in [0.25, 0.3) is 0 Å². The lowest BCUT2D eigenvalue weighted by atomic mass is 9.96. The second-order valence-electron chi connectivity index (χ2n) is 5.11. The summed E-state index contributed by atoms with van der Waals surface area (Å²) in [5.74, 6) is 1.70. The molecule has 0 saturated carbocycles. The molecule has 2 aromatic rings. The number of nitrogens with one attached hydrogen (secondary N) is 1. The van der Waals surface area contributed by atoms with Crippen LogP contribution in [0.1, 0.15) is 22.7 Å². The molecule has 1 unspecified atom stereocenters. The minimum atomic E-state index is 0.138. The summed E-state index contributed by atoms with van der Waals surface area (Å²) in [6, 6.07) is 14.6. The molecule has 0 bridgehead atoms. The van der Waals surface area contributed by atoms with E-state index in [1.807, 2.05) is 25.2 Å². The van der Waals surface area contributed by atoms with Crippen LogP contribution in [0.4, 0.5) is 0 Å². The second kappa shape index (κ2) is 7.14. The Morgan fingerprint density at radius 3 is 2.00 bits per heavy atom. The van der Waals surface area contributed by atoms with Crippen molar-refractivity contribution in [3.63, 3.8) is 0 Å². The van der Waals surface area contributed by atoms with Gasteiger partial charge >= 0.3 is 0 Å². The van der Waals surface area contributed by atoms with Crippen LogP contribution in [-0.4, -0.2) is 21.3 Å². The molecule has 0 heterocycles. The highest BCUT2D eigenvalue weighted by Gasteiger charge is 2.19. The zero-order valence-electron chi connectivity index (χ0n) is 13.1. The van der Waals surface area contributed by atoms with Gasteiger partial charge in [-0.1, -0.05) is 35.9 Å². The maximum absolute atomic E-state index is 5.51. The Kier molecular flexibility index (Phi) is 5.23. The monoisotopic (exact) mass is 285 g/mol.